The maximum Gasteiger partial charge on any atom is 0.251 e. The molecule has 0 saturated heterocycles. The van der Waals surface area contributed by atoms with Gasteiger partial charge in [0.1, 0.15) is 6.61 Å². The monoisotopic (exact) mass is 260 g/mol. The van der Waals surface area contributed by atoms with Crippen molar-refractivity contribution in [2.75, 3.05) is 19.0 Å². The van der Waals surface area contributed by atoms with Crippen molar-refractivity contribution < 1.29 is 9.53 Å². The summed E-state index contributed by atoms with van der Waals surface area (Å²) in [7, 11) is 1.46. The summed E-state index contributed by atoms with van der Waals surface area (Å²) in [6, 6.07) is 5.44. The van der Waals surface area contributed by atoms with Gasteiger partial charge in [0, 0.05) is 23.7 Å². The number of aryl methyl sites for hydroxylation is 1. The topological polar surface area (TPSA) is 71.2 Å². The maximum atomic E-state index is 11.7. The van der Waals surface area contributed by atoms with Crippen LogP contribution in [0.3, 0.4) is 0 Å². The van der Waals surface area contributed by atoms with Gasteiger partial charge in [-0.2, -0.15) is 0 Å². The van der Waals surface area contributed by atoms with E-state index >= 15 is 0 Å². The number of benzene rings is 1. The van der Waals surface area contributed by atoms with Gasteiger partial charge in [-0.25, -0.2) is 0 Å². The molecule has 0 saturated carbocycles. The summed E-state index contributed by atoms with van der Waals surface area (Å²) >= 11 is 0. The summed E-state index contributed by atoms with van der Waals surface area (Å²) in [5.74, 6) is -0.229. The van der Waals surface area contributed by atoms with Gasteiger partial charge < -0.3 is 15.0 Å². The minimum absolute atomic E-state index is 0.00147. The molecule has 0 aliphatic carbocycles. The van der Waals surface area contributed by atoms with Gasteiger partial charge in [0.25, 0.3) is 5.56 Å². The number of methoxy groups -OCH3 is 1. The number of hydrogen-bond donors (Lipinski definition) is 2. The molecular formula is C14H16N2O3. The van der Waals surface area contributed by atoms with Crippen LogP contribution >= 0.6 is 0 Å². The highest BCUT2D eigenvalue weighted by Crippen LogP contribution is 2.20. The smallest absolute Gasteiger partial charge is 0.251 e. The van der Waals surface area contributed by atoms with Crippen LogP contribution in [-0.4, -0.2) is 24.6 Å². The molecule has 2 rings (SSSR count). The number of rotatable bonds is 3. The van der Waals surface area contributed by atoms with Gasteiger partial charge in [-0.1, -0.05) is 6.07 Å². The lowest BCUT2D eigenvalue weighted by Gasteiger charge is -2.08. The highest BCUT2D eigenvalue weighted by Gasteiger charge is 2.07. The van der Waals surface area contributed by atoms with Crippen LogP contribution < -0.4 is 10.9 Å². The van der Waals surface area contributed by atoms with Crippen molar-refractivity contribution in [1.82, 2.24) is 4.98 Å². The van der Waals surface area contributed by atoms with E-state index in [1.54, 1.807) is 19.1 Å². The number of H-pyrrole nitrogens is 1. The van der Waals surface area contributed by atoms with Crippen LogP contribution in [0.2, 0.25) is 0 Å². The Hall–Kier alpha value is -2.14. The number of pyridine rings is 1. The zero-order valence-electron chi connectivity index (χ0n) is 11.2. The summed E-state index contributed by atoms with van der Waals surface area (Å²) < 4.78 is 4.75. The van der Waals surface area contributed by atoms with Crippen LogP contribution in [0, 0.1) is 13.8 Å². The third-order valence-electron chi connectivity index (χ3n) is 3.13. The van der Waals surface area contributed by atoms with Crippen LogP contribution in [0.25, 0.3) is 10.9 Å². The molecule has 0 atom stereocenters. The molecule has 1 heterocycles. The molecular weight excluding hydrogens is 244 g/mol. The lowest BCUT2D eigenvalue weighted by Crippen LogP contribution is -2.17. The third kappa shape index (κ3) is 2.66. The zero-order chi connectivity index (χ0) is 14.0. The Labute approximate surface area is 110 Å². The number of fused-ring (bicyclic) bond motifs is 1. The van der Waals surface area contributed by atoms with Gasteiger partial charge in [-0.05, 0) is 31.5 Å². The molecule has 0 fully saturated rings. The second-order valence-electron chi connectivity index (χ2n) is 4.45. The van der Waals surface area contributed by atoms with Crippen molar-refractivity contribution in [1.29, 1.82) is 0 Å². The Morgan fingerprint density at radius 2 is 2.05 bits per heavy atom. The first kappa shape index (κ1) is 13.3. The molecule has 1 amide bonds. The summed E-state index contributed by atoms with van der Waals surface area (Å²) in [6.07, 6.45) is 0. The molecule has 0 radical (unpaired) electrons. The predicted octanol–water partition coefficient (Wildman–Crippen LogP) is 1.73. The standard InChI is InChI=1S/C14H16N2O3/c1-8-9(2)14(18)16-12-6-10(4-5-11(8)12)15-13(17)7-19-3/h4-6H,7H2,1-3H3,(H,15,17)(H,16,18). The molecule has 2 aromatic rings. The number of aromatic nitrogens is 1. The first-order valence-corrected chi connectivity index (χ1v) is 5.95. The Kier molecular flexibility index (Phi) is 3.66. The first-order chi connectivity index (χ1) is 9.02. The number of aromatic amines is 1. The fraction of sp³-hybridized carbons (Fsp3) is 0.286. The minimum Gasteiger partial charge on any atom is -0.375 e. The number of anilines is 1. The van der Waals surface area contributed by atoms with Crippen molar-refractivity contribution in [3.8, 4) is 0 Å². The second-order valence-corrected chi connectivity index (χ2v) is 4.45. The lowest BCUT2D eigenvalue weighted by atomic mass is 10.1. The Bertz CT molecular complexity index is 689. The van der Waals surface area contributed by atoms with Crippen LogP contribution in [0.5, 0.6) is 0 Å². The van der Waals surface area contributed by atoms with Gasteiger partial charge in [-0.15, -0.1) is 0 Å². The third-order valence-corrected chi connectivity index (χ3v) is 3.13. The van der Waals surface area contributed by atoms with E-state index in [9.17, 15) is 9.59 Å². The number of hydrogen-bond acceptors (Lipinski definition) is 3. The van der Waals surface area contributed by atoms with E-state index in [1.165, 1.54) is 7.11 Å². The number of carbonyl (C=O) groups is 1. The quantitative estimate of drug-likeness (QED) is 0.882. The number of nitrogens with one attached hydrogen (secondary N) is 2. The number of ether oxygens (including phenoxy) is 1. The Morgan fingerprint density at radius 3 is 2.74 bits per heavy atom. The molecule has 1 aromatic heterocycles. The fourth-order valence-electron chi connectivity index (χ4n) is 1.97. The van der Waals surface area contributed by atoms with E-state index in [1.807, 2.05) is 13.0 Å². The molecule has 0 aliphatic heterocycles. The molecule has 0 aliphatic rings. The molecule has 2 N–H and O–H groups in total. The average Bonchev–Trinajstić information content (AvgIpc) is 2.36. The molecule has 0 spiro atoms. The van der Waals surface area contributed by atoms with Crippen molar-refractivity contribution in [3.05, 3.63) is 39.7 Å². The van der Waals surface area contributed by atoms with Crippen molar-refractivity contribution in [2.24, 2.45) is 0 Å². The molecule has 19 heavy (non-hydrogen) atoms. The average molecular weight is 260 g/mol. The van der Waals surface area contributed by atoms with Crippen LogP contribution in [0.15, 0.2) is 23.0 Å². The second kappa shape index (κ2) is 5.24. The summed E-state index contributed by atoms with van der Waals surface area (Å²) in [5, 5.41) is 3.68. The molecule has 0 unspecified atom stereocenters. The van der Waals surface area contributed by atoms with E-state index in [0.717, 1.165) is 10.9 Å². The highest BCUT2D eigenvalue weighted by molar-refractivity contribution is 5.94. The van der Waals surface area contributed by atoms with Gasteiger partial charge in [-0.3, -0.25) is 9.59 Å². The highest BCUT2D eigenvalue weighted by atomic mass is 16.5. The van der Waals surface area contributed by atoms with Gasteiger partial charge >= 0.3 is 0 Å². The Morgan fingerprint density at radius 1 is 1.32 bits per heavy atom. The van der Waals surface area contributed by atoms with Crippen LogP contribution in [0.4, 0.5) is 5.69 Å². The Balaban J connectivity index is 2.44. The van der Waals surface area contributed by atoms with Crippen molar-refractivity contribution >= 4 is 22.5 Å². The minimum atomic E-state index is -0.229. The van der Waals surface area contributed by atoms with E-state index in [0.29, 0.717) is 16.8 Å². The first-order valence-electron chi connectivity index (χ1n) is 5.95. The lowest BCUT2D eigenvalue weighted by molar-refractivity contribution is -0.119. The van der Waals surface area contributed by atoms with E-state index in [-0.39, 0.29) is 18.1 Å². The number of amides is 1. The normalized spacial score (nSPS) is 10.7. The molecule has 5 nitrogen and oxygen atoms in total. The zero-order valence-corrected chi connectivity index (χ0v) is 11.2. The summed E-state index contributed by atoms with van der Waals surface area (Å²) in [5.41, 5.74) is 2.90. The molecule has 1 aromatic carbocycles. The van der Waals surface area contributed by atoms with Crippen molar-refractivity contribution in [2.45, 2.75) is 13.8 Å². The molecule has 5 heteroatoms. The molecule has 100 valence electrons. The van der Waals surface area contributed by atoms with Crippen LogP contribution in [-0.2, 0) is 9.53 Å². The summed E-state index contributed by atoms with van der Waals surface area (Å²) in [4.78, 5) is 26.0. The van der Waals surface area contributed by atoms with E-state index in [4.69, 9.17) is 4.74 Å². The molecule has 0 bridgehead atoms. The van der Waals surface area contributed by atoms with E-state index < -0.39 is 0 Å². The van der Waals surface area contributed by atoms with E-state index in [2.05, 4.69) is 10.3 Å². The number of carbonyl (C=O) groups excluding carboxylic acids is 1. The van der Waals surface area contributed by atoms with Crippen LogP contribution in [0.1, 0.15) is 11.1 Å². The van der Waals surface area contributed by atoms with Gasteiger partial charge in [0.05, 0.1) is 5.52 Å². The maximum absolute atomic E-state index is 11.7. The van der Waals surface area contributed by atoms with Gasteiger partial charge in [0.15, 0.2) is 0 Å². The fourth-order valence-corrected chi connectivity index (χ4v) is 1.97. The predicted molar refractivity (Wildman–Crippen MR) is 74.5 cm³/mol. The largest absolute Gasteiger partial charge is 0.375 e. The summed E-state index contributed by atoms with van der Waals surface area (Å²) in [6.45, 7) is 3.71. The SMILES string of the molecule is COCC(=O)Nc1ccc2c(C)c(C)c(=O)[nH]c2c1. The van der Waals surface area contributed by atoms with Crippen molar-refractivity contribution in [3.63, 3.8) is 0 Å². The van der Waals surface area contributed by atoms with Gasteiger partial charge in [0.2, 0.25) is 5.91 Å².